The summed E-state index contributed by atoms with van der Waals surface area (Å²) in [7, 11) is 2.05. The van der Waals surface area contributed by atoms with Crippen LogP contribution in [0.5, 0.6) is 0 Å². The Labute approximate surface area is 130 Å². The molecule has 3 rings (SSSR count). The predicted molar refractivity (Wildman–Crippen MR) is 80.9 cm³/mol. The van der Waals surface area contributed by atoms with Crippen molar-refractivity contribution in [3.8, 4) is 0 Å². The van der Waals surface area contributed by atoms with Gasteiger partial charge in [0.1, 0.15) is 5.82 Å². The maximum Gasteiger partial charge on any atom is 0.228 e. The van der Waals surface area contributed by atoms with Gasteiger partial charge in [-0.2, -0.15) is 0 Å². The lowest BCUT2D eigenvalue weighted by atomic mass is 10.0. The molecule has 120 valence electrons. The molecule has 2 atom stereocenters. The summed E-state index contributed by atoms with van der Waals surface area (Å²) in [6.07, 6.45) is 3.89. The van der Waals surface area contributed by atoms with Gasteiger partial charge in [-0.1, -0.05) is 0 Å². The lowest BCUT2D eigenvalue weighted by Gasteiger charge is -2.39. The second kappa shape index (κ2) is 6.08. The molecule has 0 aromatic carbocycles. The number of likely N-dealkylation sites (tertiary alicyclic amines) is 1. The Balaban J connectivity index is 1.67. The van der Waals surface area contributed by atoms with Gasteiger partial charge in [0.2, 0.25) is 11.8 Å². The molecule has 3 heterocycles. The van der Waals surface area contributed by atoms with Crippen LogP contribution >= 0.6 is 0 Å². The van der Waals surface area contributed by atoms with Gasteiger partial charge in [0.25, 0.3) is 0 Å². The van der Waals surface area contributed by atoms with Gasteiger partial charge in [-0.15, -0.1) is 0 Å². The zero-order valence-corrected chi connectivity index (χ0v) is 13.2. The van der Waals surface area contributed by atoms with E-state index in [0.717, 1.165) is 12.4 Å². The maximum absolute atomic E-state index is 12.7. The maximum atomic E-state index is 12.7. The Morgan fingerprint density at radius 1 is 1.41 bits per heavy atom. The number of amides is 2. The number of hydrogen-bond donors (Lipinski definition) is 1. The molecule has 0 bridgehead atoms. The molecular formula is C15H23N5O2. The molecule has 7 nitrogen and oxygen atoms in total. The summed E-state index contributed by atoms with van der Waals surface area (Å²) < 4.78 is 0. The highest BCUT2D eigenvalue weighted by Crippen LogP contribution is 2.25. The van der Waals surface area contributed by atoms with Crippen molar-refractivity contribution in [1.82, 2.24) is 24.7 Å². The van der Waals surface area contributed by atoms with Gasteiger partial charge >= 0.3 is 0 Å². The van der Waals surface area contributed by atoms with Crippen molar-refractivity contribution in [3.63, 3.8) is 0 Å². The van der Waals surface area contributed by atoms with Crippen LogP contribution in [0.25, 0.3) is 0 Å². The van der Waals surface area contributed by atoms with E-state index in [9.17, 15) is 9.59 Å². The second-order valence-corrected chi connectivity index (χ2v) is 6.09. The van der Waals surface area contributed by atoms with E-state index in [2.05, 4.69) is 14.9 Å². The lowest BCUT2D eigenvalue weighted by Crippen LogP contribution is -2.51. The second-order valence-electron chi connectivity index (χ2n) is 6.09. The van der Waals surface area contributed by atoms with Crippen LogP contribution in [0.4, 0.5) is 0 Å². The van der Waals surface area contributed by atoms with Gasteiger partial charge in [-0.25, -0.2) is 4.98 Å². The molecule has 1 aromatic rings. The van der Waals surface area contributed by atoms with Crippen LogP contribution in [-0.2, 0) is 9.59 Å². The first-order valence-electron chi connectivity index (χ1n) is 7.86. The number of imidazole rings is 1. The van der Waals surface area contributed by atoms with E-state index >= 15 is 0 Å². The summed E-state index contributed by atoms with van der Waals surface area (Å²) in [5, 5.41) is 0. The molecule has 0 spiro atoms. The van der Waals surface area contributed by atoms with E-state index in [4.69, 9.17) is 0 Å². The highest BCUT2D eigenvalue weighted by atomic mass is 16.2. The molecule has 2 aliphatic heterocycles. The van der Waals surface area contributed by atoms with Gasteiger partial charge in [-0.05, 0) is 14.0 Å². The van der Waals surface area contributed by atoms with Gasteiger partial charge in [-0.3, -0.25) is 14.5 Å². The zero-order chi connectivity index (χ0) is 15.7. The summed E-state index contributed by atoms with van der Waals surface area (Å²) in [4.78, 5) is 37.9. The Morgan fingerprint density at radius 2 is 2.23 bits per heavy atom. The molecule has 0 aliphatic carbocycles. The summed E-state index contributed by atoms with van der Waals surface area (Å²) in [6, 6.07) is 0.0899. The van der Waals surface area contributed by atoms with E-state index in [1.807, 2.05) is 18.9 Å². The molecule has 2 amide bonds. The van der Waals surface area contributed by atoms with Crippen molar-refractivity contribution in [2.75, 3.05) is 39.8 Å². The highest BCUT2D eigenvalue weighted by molar-refractivity contribution is 5.89. The monoisotopic (exact) mass is 305 g/mol. The van der Waals surface area contributed by atoms with Gasteiger partial charge in [0.15, 0.2) is 0 Å². The van der Waals surface area contributed by atoms with Crippen LogP contribution in [0.1, 0.15) is 25.2 Å². The number of carbonyl (C=O) groups excluding carboxylic acids is 2. The Morgan fingerprint density at radius 3 is 2.86 bits per heavy atom. The fourth-order valence-electron chi connectivity index (χ4n) is 3.33. The third-order valence-electron chi connectivity index (χ3n) is 4.74. The number of rotatable bonds is 3. The molecule has 0 unspecified atom stereocenters. The largest absolute Gasteiger partial charge is 0.347 e. The fourth-order valence-corrected chi connectivity index (χ4v) is 3.33. The third-order valence-corrected chi connectivity index (χ3v) is 4.74. The normalized spacial score (nSPS) is 26.7. The SMILES string of the molecule is CCN1C[C@H](C(=O)N2CCN(C)[C@H](c3ncc[nH]3)C2)CC1=O. The number of nitrogens with zero attached hydrogens (tertiary/aromatic N) is 4. The first kappa shape index (κ1) is 15.0. The molecule has 0 radical (unpaired) electrons. The van der Waals surface area contributed by atoms with Gasteiger partial charge in [0.05, 0.1) is 12.0 Å². The van der Waals surface area contributed by atoms with E-state index < -0.39 is 0 Å². The first-order valence-corrected chi connectivity index (χ1v) is 7.86. The van der Waals surface area contributed by atoms with Crippen molar-refractivity contribution >= 4 is 11.8 Å². The number of piperazine rings is 1. The molecule has 2 saturated heterocycles. The minimum Gasteiger partial charge on any atom is -0.347 e. The number of H-pyrrole nitrogens is 1. The van der Waals surface area contributed by atoms with Gasteiger partial charge in [0, 0.05) is 51.5 Å². The number of carbonyl (C=O) groups is 2. The number of aromatic amines is 1. The number of aromatic nitrogens is 2. The molecular weight excluding hydrogens is 282 g/mol. The van der Waals surface area contributed by atoms with Crippen molar-refractivity contribution in [3.05, 3.63) is 18.2 Å². The highest BCUT2D eigenvalue weighted by Gasteiger charge is 2.38. The zero-order valence-electron chi connectivity index (χ0n) is 13.2. The summed E-state index contributed by atoms with van der Waals surface area (Å²) in [6.45, 7) is 5.35. The molecule has 22 heavy (non-hydrogen) atoms. The van der Waals surface area contributed by atoms with E-state index in [-0.39, 0.29) is 23.8 Å². The number of likely N-dealkylation sites (N-methyl/N-ethyl adjacent to an activating group) is 1. The quantitative estimate of drug-likeness (QED) is 0.859. The van der Waals surface area contributed by atoms with Crippen LogP contribution in [-0.4, -0.2) is 76.3 Å². The smallest absolute Gasteiger partial charge is 0.228 e. The Kier molecular flexibility index (Phi) is 4.15. The molecule has 1 aromatic heterocycles. The van der Waals surface area contributed by atoms with Gasteiger partial charge < -0.3 is 14.8 Å². The average Bonchev–Trinajstić information content (AvgIpc) is 3.16. The molecule has 0 saturated carbocycles. The number of hydrogen-bond acceptors (Lipinski definition) is 4. The lowest BCUT2D eigenvalue weighted by molar-refractivity contribution is -0.138. The molecule has 7 heteroatoms. The molecule has 2 fully saturated rings. The molecule has 2 aliphatic rings. The Bertz CT molecular complexity index is 544. The Hall–Kier alpha value is -1.89. The van der Waals surface area contributed by atoms with Crippen molar-refractivity contribution in [2.24, 2.45) is 5.92 Å². The van der Waals surface area contributed by atoms with Crippen LogP contribution in [0, 0.1) is 5.92 Å². The topological polar surface area (TPSA) is 72.5 Å². The van der Waals surface area contributed by atoms with Crippen molar-refractivity contribution < 1.29 is 9.59 Å². The number of nitrogens with one attached hydrogen (secondary N) is 1. The van der Waals surface area contributed by atoms with E-state index in [1.54, 1.807) is 17.3 Å². The van der Waals surface area contributed by atoms with Crippen molar-refractivity contribution in [2.45, 2.75) is 19.4 Å². The summed E-state index contributed by atoms with van der Waals surface area (Å²) >= 11 is 0. The average molecular weight is 305 g/mol. The van der Waals surface area contributed by atoms with E-state index in [0.29, 0.717) is 32.6 Å². The summed E-state index contributed by atoms with van der Waals surface area (Å²) in [5.74, 6) is 0.900. The van der Waals surface area contributed by atoms with Crippen LogP contribution < -0.4 is 0 Å². The minimum atomic E-state index is -0.187. The summed E-state index contributed by atoms with van der Waals surface area (Å²) in [5.41, 5.74) is 0. The van der Waals surface area contributed by atoms with Crippen molar-refractivity contribution in [1.29, 1.82) is 0 Å². The molecule has 1 N–H and O–H groups in total. The standard InChI is InChI=1S/C15H23N5O2/c1-3-19-9-11(8-13(19)21)15(22)20-7-6-18(2)12(10-20)14-16-4-5-17-14/h4-5,11-12H,3,6-10H2,1-2H3,(H,16,17)/t11-,12+/m1/s1. The van der Waals surface area contributed by atoms with Crippen LogP contribution in [0.2, 0.25) is 0 Å². The predicted octanol–water partition coefficient (Wildman–Crippen LogP) is 0.0932. The van der Waals surface area contributed by atoms with Crippen LogP contribution in [0.15, 0.2) is 12.4 Å². The van der Waals surface area contributed by atoms with E-state index in [1.165, 1.54) is 0 Å². The third kappa shape index (κ3) is 2.72. The fraction of sp³-hybridized carbons (Fsp3) is 0.667. The minimum absolute atomic E-state index is 0.0899. The van der Waals surface area contributed by atoms with Crippen LogP contribution in [0.3, 0.4) is 0 Å². The first-order chi connectivity index (χ1) is 10.6.